The van der Waals surface area contributed by atoms with Gasteiger partial charge in [-0.25, -0.2) is 4.79 Å². The Balaban J connectivity index is 2.15. The maximum Gasteiger partial charge on any atom is 0.332 e. The maximum atomic E-state index is 13.0. The topological polar surface area (TPSA) is 83.3 Å². The number of nitrogens with zero attached hydrogens (tertiary/aromatic N) is 5. The summed E-state index contributed by atoms with van der Waals surface area (Å²) >= 11 is 0. The van der Waals surface area contributed by atoms with Crippen molar-refractivity contribution in [1.82, 2.24) is 23.1 Å². The molecule has 3 aromatic rings. The van der Waals surface area contributed by atoms with Crippen LogP contribution in [0.1, 0.15) is 50.0 Å². The Bertz CT molecular complexity index is 1170. The van der Waals surface area contributed by atoms with Crippen molar-refractivity contribution in [3.63, 3.8) is 0 Å². The van der Waals surface area contributed by atoms with Crippen molar-refractivity contribution in [1.29, 1.82) is 0 Å². The van der Waals surface area contributed by atoms with Crippen LogP contribution >= 0.6 is 0 Å². The lowest BCUT2D eigenvalue weighted by atomic mass is 10.2. The lowest BCUT2D eigenvalue weighted by molar-refractivity contribution is -0.117. The summed E-state index contributed by atoms with van der Waals surface area (Å²) in [6.45, 7) is 5.16. The van der Waals surface area contributed by atoms with Gasteiger partial charge in [-0.2, -0.15) is 4.98 Å². The molecule has 0 saturated heterocycles. The van der Waals surface area contributed by atoms with Gasteiger partial charge in [0.1, 0.15) is 5.78 Å². The second-order valence-electron chi connectivity index (χ2n) is 7.33. The van der Waals surface area contributed by atoms with Crippen molar-refractivity contribution in [3.05, 3.63) is 32.2 Å². The number of aryl methyl sites for hydroxylation is 2. The molecule has 3 heterocycles. The molecule has 138 valence electrons. The van der Waals surface area contributed by atoms with Crippen molar-refractivity contribution in [3.8, 4) is 0 Å². The molecule has 0 unspecified atom stereocenters. The van der Waals surface area contributed by atoms with Gasteiger partial charge in [0.2, 0.25) is 5.78 Å². The maximum absolute atomic E-state index is 13.0. The van der Waals surface area contributed by atoms with E-state index in [4.69, 9.17) is 0 Å². The highest BCUT2D eigenvalue weighted by atomic mass is 16.2. The fourth-order valence-electron chi connectivity index (χ4n) is 4.24. The third-order valence-electron chi connectivity index (χ3n) is 5.63. The van der Waals surface area contributed by atoms with Crippen LogP contribution in [0.2, 0.25) is 0 Å². The van der Waals surface area contributed by atoms with E-state index in [1.807, 2.05) is 18.2 Å². The zero-order chi connectivity index (χ0) is 18.7. The van der Waals surface area contributed by atoms with Crippen molar-refractivity contribution in [2.75, 3.05) is 0 Å². The van der Waals surface area contributed by atoms with Crippen LogP contribution < -0.4 is 11.2 Å². The summed E-state index contributed by atoms with van der Waals surface area (Å²) in [5, 5.41) is 0. The summed E-state index contributed by atoms with van der Waals surface area (Å²) in [7, 11) is 1.59. The van der Waals surface area contributed by atoms with Gasteiger partial charge in [0.15, 0.2) is 11.2 Å². The van der Waals surface area contributed by atoms with E-state index < -0.39 is 11.2 Å². The number of hydrogen-bond acceptors (Lipinski definition) is 4. The molecule has 8 nitrogen and oxygen atoms in total. The number of carbonyl (C=O) groups excluding carboxylic acids is 1. The minimum atomic E-state index is -0.514. The minimum absolute atomic E-state index is 0.226. The number of fused-ring (bicyclic) bond motifs is 3. The normalized spacial score (nSPS) is 15.5. The van der Waals surface area contributed by atoms with E-state index in [0.717, 1.165) is 28.8 Å². The second-order valence-corrected chi connectivity index (χ2v) is 7.33. The van der Waals surface area contributed by atoms with Crippen LogP contribution in [0.25, 0.3) is 16.9 Å². The Kier molecular flexibility index (Phi) is 3.68. The standard InChI is InChI=1S/C18H23N5O3/c1-10(24)9-21-16(25)14-15(20(4)18(21)26)19-17-22(13-7-5-6-8-13)11(2)12(3)23(14)17/h13H,5-9H2,1-4H3. The Morgan fingerprint density at radius 1 is 1.15 bits per heavy atom. The number of carbonyl (C=O) groups is 1. The first-order chi connectivity index (χ1) is 12.3. The number of Topliss-reactive ketones (excluding diaryl/α,β-unsaturated/α-hetero) is 1. The molecule has 0 atom stereocenters. The van der Waals surface area contributed by atoms with Gasteiger partial charge in [-0.05, 0) is 33.6 Å². The molecule has 0 aliphatic heterocycles. The van der Waals surface area contributed by atoms with Gasteiger partial charge < -0.3 is 4.57 Å². The van der Waals surface area contributed by atoms with Gasteiger partial charge >= 0.3 is 5.69 Å². The summed E-state index contributed by atoms with van der Waals surface area (Å²) in [5.74, 6) is 0.468. The van der Waals surface area contributed by atoms with Crippen LogP contribution in [0.15, 0.2) is 9.59 Å². The monoisotopic (exact) mass is 357 g/mol. The number of aromatic nitrogens is 5. The van der Waals surface area contributed by atoms with Crippen LogP contribution in [0.5, 0.6) is 0 Å². The van der Waals surface area contributed by atoms with E-state index in [2.05, 4.69) is 9.55 Å². The molecule has 26 heavy (non-hydrogen) atoms. The summed E-state index contributed by atoms with van der Waals surface area (Å²) in [5.41, 5.74) is 1.79. The number of hydrogen-bond donors (Lipinski definition) is 0. The Morgan fingerprint density at radius 3 is 2.42 bits per heavy atom. The average Bonchev–Trinajstić information content (AvgIpc) is 3.28. The largest absolute Gasteiger partial charge is 0.332 e. The van der Waals surface area contributed by atoms with Gasteiger partial charge in [0.25, 0.3) is 5.56 Å². The number of rotatable bonds is 3. The Labute approximate surface area is 149 Å². The predicted molar refractivity (Wildman–Crippen MR) is 97.8 cm³/mol. The molecule has 8 heteroatoms. The molecule has 0 amide bonds. The summed E-state index contributed by atoms with van der Waals surface area (Å²) in [6.07, 6.45) is 4.58. The number of ketones is 1. The van der Waals surface area contributed by atoms with Crippen molar-refractivity contribution in [2.45, 2.75) is 59.0 Å². The molecule has 0 aromatic carbocycles. The van der Waals surface area contributed by atoms with E-state index in [1.165, 1.54) is 24.3 Å². The third-order valence-corrected chi connectivity index (χ3v) is 5.63. The molecule has 4 rings (SSSR count). The van der Waals surface area contributed by atoms with Crippen LogP contribution in [0, 0.1) is 13.8 Å². The van der Waals surface area contributed by atoms with Gasteiger partial charge in [-0.15, -0.1) is 0 Å². The molecule has 0 N–H and O–H groups in total. The molecular formula is C18H23N5O3. The highest BCUT2D eigenvalue weighted by Gasteiger charge is 2.27. The van der Waals surface area contributed by atoms with Gasteiger partial charge in [0, 0.05) is 24.5 Å². The zero-order valence-corrected chi connectivity index (χ0v) is 15.6. The fraction of sp³-hybridized carbons (Fsp3) is 0.556. The first-order valence-corrected chi connectivity index (χ1v) is 9.01. The van der Waals surface area contributed by atoms with E-state index in [1.54, 1.807) is 7.05 Å². The van der Waals surface area contributed by atoms with Crippen LogP contribution in [0.4, 0.5) is 0 Å². The van der Waals surface area contributed by atoms with E-state index in [9.17, 15) is 14.4 Å². The Hall–Kier alpha value is -2.64. The van der Waals surface area contributed by atoms with Crippen LogP contribution in [-0.2, 0) is 18.4 Å². The minimum Gasteiger partial charge on any atom is -0.311 e. The third kappa shape index (κ3) is 2.14. The fourth-order valence-corrected chi connectivity index (χ4v) is 4.24. The zero-order valence-electron chi connectivity index (χ0n) is 15.6. The average molecular weight is 357 g/mol. The lowest BCUT2D eigenvalue weighted by Crippen LogP contribution is -2.40. The lowest BCUT2D eigenvalue weighted by Gasteiger charge is -2.13. The van der Waals surface area contributed by atoms with E-state index in [-0.39, 0.29) is 12.3 Å². The van der Waals surface area contributed by atoms with Crippen molar-refractivity contribution in [2.24, 2.45) is 7.05 Å². The van der Waals surface area contributed by atoms with E-state index >= 15 is 0 Å². The van der Waals surface area contributed by atoms with Crippen molar-refractivity contribution >= 4 is 22.7 Å². The van der Waals surface area contributed by atoms with Gasteiger partial charge in [-0.3, -0.25) is 23.1 Å². The number of imidazole rings is 2. The van der Waals surface area contributed by atoms with Crippen LogP contribution in [0.3, 0.4) is 0 Å². The molecule has 1 saturated carbocycles. The van der Waals surface area contributed by atoms with E-state index in [0.29, 0.717) is 23.0 Å². The first kappa shape index (κ1) is 16.8. The smallest absolute Gasteiger partial charge is 0.311 e. The second kappa shape index (κ2) is 5.69. The van der Waals surface area contributed by atoms with Gasteiger partial charge in [-0.1, -0.05) is 12.8 Å². The summed E-state index contributed by atoms with van der Waals surface area (Å²) < 4.78 is 6.42. The Morgan fingerprint density at radius 2 is 1.81 bits per heavy atom. The van der Waals surface area contributed by atoms with Crippen molar-refractivity contribution < 1.29 is 4.79 Å². The SMILES string of the molecule is CC(=O)Cn1c(=O)c2c(nc3n(C4CCCC4)c(C)c(C)n23)n(C)c1=O. The molecule has 0 spiro atoms. The quantitative estimate of drug-likeness (QED) is 0.711. The predicted octanol–water partition coefficient (Wildman–Crippen LogP) is 1.47. The molecule has 0 radical (unpaired) electrons. The first-order valence-electron chi connectivity index (χ1n) is 9.01. The highest BCUT2D eigenvalue weighted by molar-refractivity contribution is 5.78. The molecular weight excluding hydrogens is 334 g/mol. The summed E-state index contributed by atoms with van der Waals surface area (Å²) in [4.78, 5) is 41.8. The van der Waals surface area contributed by atoms with Crippen LogP contribution in [-0.4, -0.2) is 28.9 Å². The molecule has 3 aromatic heterocycles. The summed E-state index contributed by atoms with van der Waals surface area (Å²) in [6, 6.07) is 0.375. The molecule has 1 aliphatic carbocycles. The molecule has 1 aliphatic rings. The molecule has 0 bridgehead atoms. The highest BCUT2D eigenvalue weighted by Crippen LogP contribution is 2.34. The molecule has 1 fully saturated rings. The van der Waals surface area contributed by atoms with Gasteiger partial charge in [0.05, 0.1) is 6.54 Å².